The van der Waals surface area contributed by atoms with E-state index in [0.717, 1.165) is 61.4 Å². The third-order valence-corrected chi connectivity index (χ3v) is 9.96. The van der Waals surface area contributed by atoms with Crippen LogP contribution >= 0.6 is 23.2 Å². The molecule has 0 radical (unpaired) electrons. The Morgan fingerprint density at radius 3 is 2.68 bits per heavy atom. The maximum atomic E-state index is 13.4. The van der Waals surface area contributed by atoms with E-state index >= 15 is 0 Å². The third-order valence-electron chi connectivity index (χ3n) is 9.39. The topological polar surface area (TPSA) is 120 Å². The normalized spacial score (nSPS) is 16.9. The van der Waals surface area contributed by atoms with Crippen molar-refractivity contribution in [2.24, 2.45) is 0 Å². The summed E-state index contributed by atoms with van der Waals surface area (Å²) in [5.74, 6) is -0.978. The first-order valence-corrected chi connectivity index (χ1v) is 16.4. The smallest absolute Gasteiger partial charge is 0.341 e. The number of aromatic nitrogens is 4. The first kappa shape index (κ1) is 31.3. The van der Waals surface area contributed by atoms with Gasteiger partial charge in [-0.1, -0.05) is 30.1 Å². The average molecular weight is 677 g/mol. The number of halogens is 2. The van der Waals surface area contributed by atoms with Gasteiger partial charge >= 0.3 is 5.97 Å². The van der Waals surface area contributed by atoms with Crippen LogP contribution < -0.4 is 20.0 Å². The number of fused-ring (bicyclic) bond motifs is 2. The van der Waals surface area contributed by atoms with E-state index < -0.39 is 11.4 Å². The molecule has 2 aromatic carbocycles. The predicted octanol–water partition coefficient (Wildman–Crippen LogP) is 5.63. The summed E-state index contributed by atoms with van der Waals surface area (Å²) in [6, 6.07) is 11.9. The van der Waals surface area contributed by atoms with E-state index in [0.29, 0.717) is 39.7 Å². The zero-order chi connectivity index (χ0) is 33.0. The molecule has 0 aliphatic carbocycles. The first-order chi connectivity index (χ1) is 22.6. The summed E-state index contributed by atoms with van der Waals surface area (Å²) in [6.07, 6.45) is 5.55. The molecule has 1 atom stereocenters. The Bertz CT molecular complexity index is 2070. The maximum absolute atomic E-state index is 13.4. The number of benzene rings is 2. The summed E-state index contributed by atoms with van der Waals surface area (Å²) in [5, 5.41) is 11.0. The lowest BCUT2D eigenvalue weighted by Crippen LogP contribution is -2.57. The monoisotopic (exact) mass is 675 g/mol. The number of anilines is 2. The molecule has 5 heterocycles. The molecule has 3 aromatic heterocycles. The van der Waals surface area contributed by atoms with Gasteiger partial charge in [0.1, 0.15) is 17.2 Å². The second-order valence-corrected chi connectivity index (χ2v) is 13.2. The van der Waals surface area contributed by atoms with Gasteiger partial charge in [-0.3, -0.25) is 4.79 Å². The molecule has 2 aliphatic heterocycles. The van der Waals surface area contributed by atoms with Crippen molar-refractivity contribution < 1.29 is 14.6 Å². The van der Waals surface area contributed by atoms with Crippen LogP contribution in [-0.2, 0) is 6.42 Å². The van der Waals surface area contributed by atoms with Crippen LogP contribution in [0.15, 0.2) is 53.7 Å². The lowest BCUT2D eigenvalue weighted by atomic mass is 10.0. The second kappa shape index (κ2) is 12.4. The molecular formula is C34H35Cl2N7O4. The standard InChI is InChI=1S/C34H35Cl2N7O4/c1-4-19-10-20(7-8-28(19)41-14-22(15-41)40(2)3)43-16-24(34(45)46)31(44)23-11-25(35)30(13-29(23)43)42-9-5-6-21(42)17-47-33-26(36)12-27-32(39-33)38-18-37-27/h7-8,10-13,16,18,21-22H,4-6,9,14-15,17H2,1-3H3,(H,45,46)(H,37,38,39)/t21-/m1/s1. The van der Waals surface area contributed by atoms with E-state index in [1.165, 1.54) is 11.9 Å². The van der Waals surface area contributed by atoms with Crippen molar-refractivity contribution in [3.05, 3.63) is 80.3 Å². The molecule has 0 spiro atoms. The van der Waals surface area contributed by atoms with E-state index in [1.54, 1.807) is 23.0 Å². The minimum Gasteiger partial charge on any atom is -0.477 e. The van der Waals surface area contributed by atoms with E-state index in [2.05, 4.69) is 62.8 Å². The van der Waals surface area contributed by atoms with Crippen molar-refractivity contribution in [1.82, 2.24) is 24.4 Å². The van der Waals surface area contributed by atoms with Crippen molar-refractivity contribution in [3.8, 4) is 11.6 Å². The van der Waals surface area contributed by atoms with Crippen LogP contribution in [0.25, 0.3) is 27.8 Å². The van der Waals surface area contributed by atoms with Gasteiger partial charge in [-0.25, -0.2) is 9.78 Å². The Kier molecular flexibility index (Phi) is 8.23. The Morgan fingerprint density at radius 2 is 1.94 bits per heavy atom. The van der Waals surface area contributed by atoms with Gasteiger partial charge in [-0.05, 0) is 75.3 Å². The highest BCUT2D eigenvalue weighted by molar-refractivity contribution is 6.34. The molecule has 0 bridgehead atoms. The number of nitrogens with zero attached hydrogens (tertiary/aromatic N) is 6. The fraction of sp³-hybridized carbons (Fsp3) is 0.353. The van der Waals surface area contributed by atoms with Gasteiger partial charge in [0.2, 0.25) is 11.3 Å². The molecule has 0 saturated carbocycles. The number of carbonyl (C=O) groups is 1. The van der Waals surface area contributed by atoms with Gasteiger partial charge in [0.05, 0.1) is 34.1 Å². The number of carboxylic acids is 1. The molecule has 47 heavy (non-hydrogen) atoms. The summed E-state index contributed by atoms with van der Waals surface area (Å²) in [7, 11) is 4.19. The van der Waals surface area contributed by atoms with Crippen molar-refractivity contribution in [2.75, 3.05) is 50.1 Å². The van der Waals surface area contributed by atoms with Gasteiger partial charge in [-0.15, -0.1) is 0 Å². The molecule has 0 amide bonds. The molecular weight excluding hydrogens is 641 g/mol. The van der Waals surface area contributed by atoms with E-state index in [9.17, 15) is 14.7 Å². The van der Waals surface area contributed by atoms with E-state index in [1.807, 2.05) is 12.1 Å². The molecule has 0 unspecified atom stereocenters. The summed E-state index contributed by atoms with van der Waals surface area (Å²) in [4.78, 5) is 44.1. The largest absolute Gasteiger partial charge is 0.477 e. The number of ether oxygens (including phenoxy) is 1. The maximum Gasteiger partial charge on any atom is 0.341 e. The number of hydrogen-bond donors (Lipinski definition) is 2. The second-order valence-electron chi connectivity index (χ2n) is 12.4. The zero-order valence-corrected chi connectivity index (χ0v) is 27.8. The van der Waals surface area contributed by atoms with Crippen LogP contribution in [0.4, 0.5) is 11.4 Å². The molecule has 5 aromatic rings. The van der Waals surface area contributed by atoms with Gasteiger partial charge < -0.3 is 34.1 Å². The highest BCUT2D eigenvalue weighted by Crippen LogP contribution is 2.37. The lowest BCUT2D eigenvalue weighted by Gasteiger charge is -2.45. The highest BCUT2D eigenvalue weighted by Gasteiger charge is 2.31. The fourth-order valence-corrected chi connectivity index (χ4v) is 7.12. The molecule has 2 aliphatic rings. The fourth-order valence-electron chi connectivity index (χ4n) is 6.65. The minimum atomic E-state index is -1.29. The molecule has 2 saturated heterocycles. The predicted molar refractivity (Wildman–Crippen MR) is 185 cm³/mol. The molecule has 7 rings (SSSR count). The number of H-pyrrole nitrogens is 1. The van der Waals surface area contributed by atoms with Gasteiger partial charge in [-0.2, -0.15) is 4.98 Å². The molecule has 244 valence electrons. The number of aromatic carboxylic acids is 1. The quantitative estimate of drug-likeness (QED) is 0.205. The van der Waals surface area contributed by atoms with Crippen LogP contribution in [0, 0.1) is 0 Å². The number of rotatable bonds is 9. The van der Waals surface area contributed by atoms with Crippen molar-refractivity contribution in [2.45, 2.75) is 38.3 Å². The lowest BCUT2D eigenvalue weighted by molar-refractivity contribution is 0.0695. The minimum absolute atomic E-state index is 0.0374. The van der Waals surface area contributed by atoms with Crippen LogP contribution in [0.3, 0.4) is 0 Å². The zero-order valence-electron chi connectivity index (χ0n) is 26.3. The Labute approximate surface area is 281 Å². The van der Waals surface area contributed by atoms with Gasteiger partial charge in [0.25, 0.3) is 0 Å². The first-order valence-electron chi connectivity index (χ1n) is 15.7. The summed E-state index contributed by atoms with van der Waals surface area (Å²) < 4.78 is 7.91. The Balaban J connectivity index is 1.26. The highest BCUT2D eigenvalue weighted by atomic mass is 35.5. The van der Waals surface area contributed by atoms with Crippen molar-refractivity contribution in [1.29, 1.82) is 0 Å². The van der Waals surface area contributed by atoms with Crippen LogP contribution in [0.2, 0.25) is 10.0 Å². The number of carboxylic acid groups (broad SMARTS) is 1. The number of aromatic amines is 1. The van der Waals surface area contributed by atoms with E-state index in [4.69, 9.17) is 27.9 Å². The SMILES string of the molecule is CCc1cc(-n2cc(C(=O)O)c(=O)c3cc(Cl)c(N4CCC[C@@H]4COc4nc5nc[nH]c5cc4Cl)cc32)ccc1N1CC(N(C)C)C1. The third kappa shape index (κ3) is 5.66. The molecule has 2 fully saturated rings. The van der Waals surface area contributed by atoms with Crippen molar-refractivity contribution >= 4 is 62.6 Å². The number of likely N-dealkylation sites (N-methyl/N-ethyl adjacent to an activating group) is 1. The van der Waals surface area contributed by atoms with Crippen LogP contribution in [0.1, 0.15) is 35.7 Å². The number of imidazole rings is 1. The van der Waals surface area contributed by atoms with Crippen molar-refractivity contribution in [3.63, 3.8) is 0 Å². The number of hydrogen-bond acceptors (Lipinski definition) is 8. The number of nitrogens with one attached hydrogen (secondary N) is 1. The molecule has 2 N–H and O–H groups in total. The van der Waals surface area contributed by atoms with Crippen LogP contribution in [0.5, 0.6) is 5.88 Å². The summed E-state index contributed by atoms with van der Waals surface area (Å²) in [6.45, 7) is 5.06. The number of aryl methyl sites for hydroxylation is 1. The summed E-state index contributed by atoms with van der Waals surface area (Å²) >= 11 is 13.3. The molecule has 13 heteroatoms. The summed E-state index contributed by atoms with van der Waals surface area (Å²) in [5.41, 5.74) is 4.76. The molecule has 11 nitrogen and oxygen atoms in total. The Hall–Kier alpha value is -4.32. The number of pyridine rings is 2. The van der Waals surface area contributed by atoms with Gasteiger partial charge in [0.15, 0.2) is 5.65 Å². The van der Waals surface area contributed by atoms with E-state index in [-0.39, 0.29) is 17.0 Å². The van der Waals surface area contributed by atoms with Crippen LogP contribution in [-0.4, -0.2) is 87.9 Å². The van der Waals surface area contributed by atoms with Gasteiger partial charge in [0, 0.05) is 48.6 Å². The Morgan fingerprint density at radius 1 is 1.13 bits per heavy atom. The average Bonchev–Trinajstić information content (AvgIpc) is 3.68.